The van der Waals surface area contributed by atoms with Gasteiger partial charge in [0.1, 0.15) is 0 Å². The normalized spacial score (nSPS) is 19.9. The van der Waals surface area contributed by atoms with Crippen LogP contribution < -0.4 is 5.73 Å². The molecule has 3 N–H and O–H groups in total. The molecule has 0 saturated carbocycles. The summed E-state index contributed by atoms with van der Waals surface area (Å²) >= 11 is 0. The Balaban J connectivity index is 2.30. The smallest absolute Gasteiger partial charge is 0.243 e. The molecule has 5 nitrogen and oxygen atoms in total. The fraction of sp³-hybridized carbons (Fsp3) is 0.467. The standard InChI is InChI=1S/C15H20N2O3S/c1-12-10-15(7-6-13(12)4-2-8-16)21(19,20)17-9-3-5-14(18)11-17/h6-7,10,14,18H,3,5,8-9,11,16H2,1H3. The van der Waals surface area contributed by atoms with Crippen molar-refractivity contribution in [2.75, 3.05) is 19.6 Å². The van der Waals surface area contributed by atoms with E-state index < -0.39 is 16.1 Å². The first-order valence-electron chi connectivity index (χ1n) is 6.93. The van der Waals surface area contributed by atoms with Crippen LogP contribution in [0.4, 0.5) is 0 Å². The van der Waals surface area contributed by atoms with E-state index in [-0.39, 0.29) is 18.0 Å². The van der Waals surface area contributed by atoms with Crippen LogP contribution in [0.2, 0.25) is 0 Å². The van der Waals surface area contributed by atoms with Crippen LogP contribution in [0, 0.1) is 18.8 Å². The zero-order valence-corrected chi connectivity index (χ0v) is 12.9. The third-order valence-corrected chi connectivity index (χ3v) is 5.38. The second kappa shape index (κ2) is 6.58. The predicted molar refractivity (Wildman–Crippen MR) is 81.1 cm³/mol. The highest BCUT2D eigenvalue weighted by Gasteiger charge is 2.29. The lowest BCUT2D eigenvalue weighted by Crippen LogP contribution is -2.42. The zero-order valence-electron chi connectivity index (χ0n) is 12.0. The number of piperidine rings is 1. The van der Waals surface area contributed by atoms with E-state index in [1.165, 1.54) is 4.31 Å². The maximum Gasteiger partial charge on any atom is 0.243 e. The SMILES string of the molecule is Cc1cc(S(=O)(=O)N2CCCC(O)C2)ccc1C#CCN. The molecule has 1 saturated heterocycles. The molecule has 1 aliphatic rings. The van der Waals surface area contributed by atoms with Crippen molar-refractivity contribution < 1.29 is 13.5 Å². The summed E-state index contributed by atoms with van der Waals surface area (Å²) in [5.74, 6) is 5.67. The van der Waals surface area contributed by atoms with E-state index in [2.05, 4.69) is 11.8 Å². The lowest BCUT2D eigenvalue weighted by Gasteiger charge is -2.29. The number of nitrogens with two attached hydrogens (primary N) is 1. The fourth-order valence-corrected chi connectivity index (χ4v) is 3.97. The van der Waals surface area contributed by atoms with Crippen LogP contribution >= 0.6 is 0 Å². The van der Waals surface area contributed by atoms with Crippen molar-refractivity contribution in [2.45, 2.75) is 30.8 Å². The van der Waals surface area contributed by atoms with Gasteiger partial charge in [-0.3, -0.25) is 0 Å². The molecule has 0 aliphatic carbocycles. The average Bonchev–Trinajstić information content (AvgIpc) is 2.46. The molecule has 1 heterocycles. The summed E-state index contributed by atoms with van der Waals surface area (Å²) in [5, 5.41) is 9.65. The van der Waals surface area contributed by atoms with Gasteiger partial charge in [-0.25, -0.2) is 8.42 Å². The van der Waals surface area contributed by atoms with Gasteiger partial charge in [-0.1, -0.05) is 11.8 Å². The summed E-state index contributed by atoms with van der Waals surface area (Å²) in [5.41, 5.74) is 6.91. The topological polar surface area (TPSA) is 83.6 Å². The van der Waals surface area contributed by atoms with E-state index >= 15 is 0 Å². The summed E-state index contributed by atoms with van der Waals surface area (Å²) in [4.78, 5) is 0.243. The Morgan fingerprint density at radius 2 is 2.24 bits per heavy atom. The van der Waals surface area contributed by atoms with E-state index in [1.54, 1.807) is 18.2 Å². The van der Waals surface area contributed by atoms with Crippen LogP contribution in [-0.4, -0.2) is 43.6 Å². The molecular weight excluding hydrogens is 288 g/mol. The van der Waals surface area contributed by atoms with Crippen LogP contribution in [0.3, 0.4) is 0 Å². The third kappa shape index (κ3) is 3.63. The Morgan fingerprint density at radius 1 is 1.48 bits per heavy atom. The number of β-amino-alcohol motifs (C(OH)–C–C–N with tert-alkyl or cyclic N) is 1. The summed E-state index contributed by atoms with van der Waals surface area (Å²) in [7, 11) is -3.55. The second-order valence-electron chi connectivity index (χ2n) is 5.14. The maximum absolute atomic E-state index is 12.6. The first-order chi connectivity index (χ1) is 9.95. The predicted octanol–water partition coefficient (Wildman–Crippen LogP) is 0.451. The summed E-state index contributed by atoms with van der Waals surface area (Å²) in [6.07, 6.45) is 0.752. The van der Waals surface area contributed by atoms with Gasteiger partial charge < -0.3 is 10.8 Å². The minimum absolute atomic E-state index is 0.163. The number of aliphatic hydroxyl groups is 1. The molecule has 1 fully saturated rings. The first kappa shape index (κ1) is 16.0. The van der Waals surface area contributed by atoms with Crippen molar-refractivity contribution >= 4 is 10.0 Å². The second-order valence-corrected chi connectivity index (χ2v) is 7.08. The van der Waals surface area contributed by atoms with Gasteiger partial charge in [0.15, 0.2) is 0 Å². The highest BCUT2D eigenvalue weighted by atomic mass is 32.2. The first-order valence-corrected chi connectivity index (χ1v) is 8.37. The monoisotopic (exact) mass is 308 g/mol. The molecule has 1 unspecified atom stereocenters. The molecule has 2 rings (SSSR count). The summed E-state index contributed by atoms with van der Waals surface area (Å²) in [6, 6.07) is 4.88. The Bertz CT molecular complexity index is 674. The van der Waals surface area contributed by atoms with E-state index in [0.717, 1.165) is 11.1 Å². The lowest BCUT2D eigenvalue weighted by molar-refractivity contribution is 0.108. The van der Waals surface area contributed by atoms with E-state index in [4.69, 9.17) is 5.73 Å². The van der Waals surface area contributed by atoms with Gasteiger partial charge in [-0.15, -0.1) is 0 Å². The number of rotatable bonds is 2. The molecule has 1 atom stereocenters. The Hall–Kier alpha value is -1.39. The number of nitrogens with zero attached hydrogens (tertiary/aromatic N) is 1. The number of aliphatic hydroxyl groups excluding tert-OH is 1. The molecule has 21 heavy (non-hydrogen) atoms. The maximum atomic E-state index is 12.6. The Morgan fingerprint density at radius 3 is 2.86 bits per heavy atom. The van der Waals surface area contributed by atoms with E-state index in [0.29, 0.717) is 19.4 Å². The average molecular weight is 308 g/mol. The molecule has 1 aromatic rings. The highest BCUT2D eigenvalue weighted by Crippen LogP contribution is 2.22. The van der Waals surface area contributed by atoms with Crippen LogP contribution in [0.1, 0.15) is 24.0 Å². The lowest BCUT2D eigenvalue weighted by atomic mass is 10.1. The Labute approximate surface area is 125 Å². The van der Waals surface area contributed by atoms with Crippen molar-refractivity contribution in [1.82, 2.24) is 4.31 Å². The summed E-state index contributed by atoms with van der Waals surface area (Å²) < 4.78 is 26.5. The van der Waals surface area contributed by atoms with Gasteiger partial charge in [0, 0.05) is 18.7 Å². The fourth-order valence-electron chi connectivity index (χ4n) is 2.37. The van der Waals surface area contributed by atoms with Gasteiger partial charge in [0.05, 0.1) is 17.5 Å². The number of benzene rings is 1. The number of sulfonamides is 1. The van der Waals surface area contributed by atoms with Crippen molar-refractivity contribution in [3.05, 3.63) is 29.3 Å². The van der Waals surface area contributed by atoms with Gasteiger partial charge in [-0.05, 0) is 43.5 Å². The molecule has 0 aromatic heterocycles. The molecule has 0 spiro atoms. The van der Waals surface area contributed by atoms with Gasteiger partial charge in [0.25, 0.3) is 0 Å². The van der Waals surface area contributed by atoms with Gasteiger partial charge in [-0.2, -0.15) is 4.31 Å². The van der Waals surface area contributed by atoms with Crippen LogP contribution in [-0.2, 0) is 10.0 Å². The highest BCUT2D eigenvalue weighted by molar-refractivity contribution is 7.89. The summed E-state index contributed by atoms with van der Waals surface area (Å²) in [6.45, 7) is 2.71. The van der Waals surface area contributed by atoms with Crippen molar-refractivity contribution in [3.8, 4) is 11.8 Å². The van der Waals surface area contributed by atoms with E-state index in [1.807, 2.05) is 6.92 Å². The molecule has 0 amide bonds. The number of hydrogen-bond acceptors (Lipinski definition) is 4. The van der Waals surface area contributed by atoms with Crippen LogP contribution in [0.25, 0.3) is 0 Å². The number of hydrogen-bond donors (Lipinski definition) is 2. The molecular formula is C15H20N2O3S. The molecule has 6 heteroatoms. The minimum Gasteiger partial charge on any atom is -0.392 e. The third-order valence-electron chi connectivity index (χ3n) is 3.52. The minimum atomic E-state index is -3.55. The van der Waals surface area contributed by atoms with Gasteiger partial charge in [0.2, 0.25) is 10.0 Å². The van der Waals surface area contributed by atoms with Crippen molar-refractivity contribution in [1.29, 1.82) is 0 Å². The molecule has 114 valence electrons. The molecule has 0 bridgehead atoms. The largest absolute Gasteiger partial charge is 0.392 e. The quantitative estimate of drug-likeness (QED) is 0.777. The molecule has 1 aromatic carbocycles. The van der Waals surface area contributed by atoms with Crippen molar-refractivity contribution in [2.24, 2.45) is 5.73 Å². The Kier molecular flexibility index (Phi) is 5.01. The van der Waals surface area contributed by atoms with Crippen LogP contribution in [0.5, 0.6) is 0 Å². The molecule has 1 aliphatic heterocycles. The van der Waals surface area contributed by atoms with E-state index in [9.17, 15) is 13.5 Å². The zero-order chi connectivity index (χ0) is 15.5. The molecule has 0 radical (unpaired) electrons. The van der Waals surface area contributed by atoms with Crippen molar-refractivity contribution in [3.63, 3.8) is 0 Å². The van der Waals surface area contributed by atoms with Gasteiger partial charge >= 0.3 is 0 Å². The number of aryl methyl sites for hydroxylation is 1. The van der Waals surface area contributed by atoms with Crippen LogP contribution in [0.15, 0.2) is 23.1 Å².